The number of carbonyl (C=O) groups excluding carboxylic acids is 2. The minimum atomic E-state index is -0.429. The zero-order valence-corrected chi connectivity index (χ0v) is 14.9. The molecule has 0 unspecified atom stereocenters. The highest BCUT2D eigenvalue weighted by molar-refractivity contribution is 6.18. The smallest absolute Gasteiger partial charge is 0.276 e. The van der Waals surface area contributed by atoms with Gasteiger partial charge in [0.05, 0.1) is 0 Å². The van der Waals surface area contributed by atoms with E-state index in [4.69, 9.17) is 15.2 Å². The fourth-order valence-electron chi connectivity index (χ4n) is 2.93. The van der Waals surface area contributed by atoms with E-state index in [1.165, 1.54) is 0 Å². The van der Waals surface area contributed by atoms with Gasteiger partial charge >= 0.3 is 0 Å². The molecule has 8 heteroatoms. The molecule has 0 bridgehead atoms. The highest BCUT2D eigenvalue weighted by atomic mass is 16.7. The Morgan fingerprint density at radius 1 is 1.18 bits per heavy atom. The largest absolute Gasteiger partial charge is 0.454 e. The number of nitrogens with two attached hydrogens (primary N) is 1. The molecular weight excluding hydrogens is 360 g/mol. The Labute approximate surface area is 161 Å². The lowest BCUT2D eigenvalue weighted by Crippen LogP contribution is -2.42. The number of benzene rings is 2. The quantitative estimate of drug-likeness (QED) is 0.769. The minimum absolute atomic E-state index is 0.130. The number of para-hydroxylation sites is 1. The van der Waals surface area contributed by atoms with Gasteiger partial charge in [-0.1, -0.05) is 24.3 Å². The van der Waals surface area contributed by atoms with Gasteiger partial charge in [0.15, 0.2) is 11.5 Å². The topological polar surface area (TPSA) is 106 Å². The number of aliphatic imine (C=N–C) groups is 1. The average Bonchev–Trinajstić information content (AvgIpc) is 3.29. The molecular formula is C20H18N4O4. The molecule has 0 atom stereocenters. The summed E-state index contributed by atoms with van der Waals surface area (Å²) in [7, 11) is 0. The van der Waals surface area contributed by atoms with Gasteiger partial charge in [0, 0.05) is 18.7 Å². The monoisotopic (exact) mass is 378 g/mol. The maximum atomic E-state index is 12.4. The lowest BCUT2D eigenvalue weighted by atomic mass is 10.1. The number of rotatable bonds is 5. The number of guanidine groups is 1. The van der Waals surface area contributed by atoms with Crippen LogP contribution >= 0.6 is 0 Å². The molecule has 4 rings (SSSR count). The van der Waals surface area contributed by atoms with Crippen molar-refractivity contribution < 1.29 is 19.1 Å². The van der Waals surface area contributed by atoms with E-state index in [9.17, 15) is 9.59 Å². The number of amides is 2. The number of nitrogens with one attached hydrogen (secondary N) is 1. The van der Waals surface area contributed by atoms with E-state index in [1.807, 2.05) is 36.4 Å². The summed E-state index contributed by atoms with van der Waals surface area (Å²) >= 11 is 0. The predicted octanol–water partition coefficient (Wildman–Crippen LogP) is 1.62. The summed E-state index contributed by atoms with van der Waals surface area (Å²) in [6, 6.07) is 14.8. The van der Waals surface area contributed by atoms with Crippen LogP contribution in [0.5, 0.6) is 11.5 Å². The van der Waals surface area contributed by atoms with Crippen molar-refractivity contribution in [2.75, 3.05) is 18.2 Å². The number of nitrogens with zero attached hydrogens (tertiary/aromatic N) is 2. The van der Waals surface area contributed by atoms with Crippen molar-refractivity contribution in [3.8, 4) is 11.5 Å². The van der Waals surface area contributed by atoms with Crippen molar-refractivity contribution in [2.24, 2.45) is 10.7 Å². The molecule has 0 saturated carbocycles. The first-order valence-electron chi connectivity index (χ1n) is 8.72. The van der Waals surface area contributed by atoms with Crippen molar-refractivity contribution in [3.63, 3.8) is 0 Å². The van der Waals surface area contributed by atoms with Crippen LogP contribution in [0.4, 0.5) is 5.69 Å². The first-order valence-corrected chi connectivity index (χ1v) is 8.72. The van der Waals surface area contributed by atoms with Gasteiger partial charge < -0.3 is 20.1 Å². The fourth-order valence-corrected chi connectivity index (χ4v) is 2.93. The molecule has 0 saturated heterocycles. The van der Waals surface area contributed by atoms with E-state index in [-0.39, 0.29) is 24.8 Å². The minimum Gasteiger partial charge on any atom is -0.454 e. The molecule has 0 aliphatic carbocycles. The zero-order valence-electron chi connectivity index (χ0n) is 14.9. The molecule has 3 N–H and O–H groups in total. The van der Waals surface area contributed by atoms with Crippen LogP contribution in [0.3, 0.4) is 0 Å². The van der Waals surface area contributed by atoms with Gasteiger partial charge in [0.25, 0.3) is 5.91 Å². The summed E-state index contributed by atoms with van der Waals surface area (Å²) in [5.74, 6) is 0.896. The summed E-state index contributed by atoms with van der Waals surface area (Å²) in [6.45, 7) is 0.486. The van der Waals surface area contributed by atoms with Gasteiger partial charge in [0.1, 0.15) is 5.70 Å². The molecule has 2 aromatic carbocycles. The molecule has 2 aliphatic rings. The highest BCUT2D eigenvalue weighted by Crippen LogP contribution is 2.33. The second-order valence-electron chi connectivity index (χ2n) is 6.24. The fraction of sp³-hybridized carbons (Fsp3) is 0.150. The van der Waals surface area contributed by atoms with E-state index in [0.717, 1.165) is 11.3 Å². The van der Waals surface area contributed by atoms with Gasteiger partial charge in [-0.25, -0.2) is 4.99 Å². The van der Waals surface area contributed by atoms with Crippen LogP contribution in [0.2, 0.25) is 0 Å². The van der Waals surface area contributed by atoms with Crippen LogP contribution in [0.15, 0.2) is 59.2 Å². The second-order valence-corrected chi connectivity index (χ2v) is 6.24. The molecule has 142 valence electrons. The molecule has 2 aliphatic heterocycles. The molecule has 2 aromatic rings. The summed E-state index contributed by atoms with van der Waals surface area (Å²) in [5, 5.41) is 2.76. The molecule has 0 radical (unpaired) electrons. The van der Waals surface area contributed by atoms with E-state index >= 15 is 0 Å². The van der Waals surface area contributed by atoms with Crippen molar-refractivity contribution >= 4 is 29.5 Å². The molecule has 2 amide bonds. The number of anilines is 1. The van der Waals surface area contributed by atoms with Gasteiger partial charge in [-0.05, 0) is 35.9 Å². The Hall–Kier alpha value is -3.81. The first-order chi connectivity index (χ1) is 13.6. The number of primary amides is 1. The van der Waals surface area contributed by atoms with Gasteiger partial charge in [-0.2, -0.15) is 0 Å². The van der Waals surface area contributed by atoms with Gasteiger partial charge in [-0.3, -0.25) is 14.9 Å². The van der Waals surface area contributed by atoms with E-state index in [1.54, 1.807) is 23.1 Å². The maximum absolute atomic E-state index is 12.4. The van der Waals surface area contributed by atoms with E-state index in [2.05, 4.69) is 10.3 Å². The Balaban J connectivity index is 1.63. The molecule has 2 heterocycles. The van der Waals surface area contributed by atoms with Crippen molar-refractivity contribution in [1.82, 2.24) is 5.32 Å². The molecule has 0 spiro atoms. The Morgan fingerprint density at radius 2 is 1.96 bits per heavy atom. The number of ether oxygens (including phenoxy) is 2. The van der Waals surface area contributed by atoms with Crippen LogP contribution in [-0.4, -0.2) is 31.1 Å². The normalized spacial score (nSPS) is 16.1. The molecule has 0 fully saturated rings. The van der Waals surface area contributed by atoms with Crippen LogP contribution in [-0.2, 0) is 9.59 Å². The van der Waals surface area contributed by atoms with Crippen molar-refractivity contribution in [2.45, 2.75) is 6.42 Å². The maximum Gasteiger partial charge on any atom is 0.276 e. The zero-order chi connectivity index (χ0) is 19.5. The van der Waals surface area contributed by atoms with E-state index in [0.29, 0.717) is 24.0 Å². The van der Waals surface area contributed by atoms with Gasteiger partial charge in [-0.15, -0.1) is 0 Å². The van der Waals surface area contributed by atoms with Crippen molar-refractivity contribution in [3.05, 3.63) is 59.8 Å². The molecule has 28 heavy (non-hydrogen) atoms. The summed E-state index contributed by atoms with van der Waals surface area (Å²) in [6.07, 6.45) is 1.80. The SMILES string of the molecule is NC(=O)CCN(C1=N/C(=C\c2ccc3c(c2)OCO3)C(=O)N1)c1ccccc1. The summed E-state index contributed by atoms with van der Waals surface area (Å²) < 4.78 is 10.7. The Morgan fingerprint density at radius 3 is 2.75 bits per heavy atom. The lowest BCUT2D eigenvalue weighted by molar-refractivity contribution is -0.118. The summed E-state index contributed by atoms with van der Waals surface area (Å²) in [4.78, 5) is 29.9. The second kappa shape index (κ2) is 7.43. The Bertz CT molecular complexity index is 985. The third-order valence-electron chi connectivity index (χ3n) is 4.29. The first kappa shape index (κ1) is 17.6. The van der Waals surface area contributed by atoms with Crippen LogP contribution < -0.4 is 25.4 Å². The number of hydrogen-bond acceptors (Lipinski definition) is 6. The number of carbonyl (C=O) groups is 2. The number of hydrogen-bond donors (Lipinski definition) is 2. The highest BCUT2D eigenvalue weighted by Gasteiger charge is 2.26. The lowest BCUT2D eigenvalue weighted by Gasteiger charge is -2.23. The van der Waals surface area contributed by atoms with Crippen LogP contribution in [0.25, 0.3) is 6.08 Å². The Kier molecular flexibility index (Phi) is 4.67. The third-order valence-corrected chi connectivity index (χ3v) is 4.29. The predicted molar refractivity (Wildman–Crippen MR) is 104 cm³/mol. The van der Waals surface area contributed by atoms with Crippen molar-refractivity contribution in [1.29, 1.82) is 0 Å². The third kappa shape index (κ3) is 3.66. The number of fused-ring (bicyclic) bond motifs is 1. The van der Waals surface area contributed by atoms with Gasteiger partial charge in [0.2, 0.25) is 18.7 Å². The van der Waals surface area contributed by atoms with Crippen LogP contribution in [0.1, 0.15) is 12.0 Å². The molecule has 8 nitrogen and oxygen atoms in total. The van der Waals surface area contributed by atoms with Crippen LogP contribution in [0, 0.1) is 0 Å². The molecule has 0 aromatic heterocycles. The standard InChI is InChI=1S/C20H18N4O4/c21-18(25)8-9-24(14-4-2-1-3-5-14)20-22-15(19(26)23-20)10-13-6-7-16-17(11-13)28-12-27-16/h1-7,10-11H,8-9,12H2,(H2,21,25)(H,22,23,26)/b15-10-. The summed E-state index contributed by atoms with van der Waals surface area (Å²) in [5.41, 5.74) is 7.12. The van der Waals surface area contributed by atoms with E-state index < -0.39 is 5.91 Å². The average molecular weight is 378 g/mol.